The Kier molecular flexibility index (Phi) is 4.88. The van der Waals surface area contributed by atoms with Crippen molar-refractivity contribution in [2.24, 2.45) is 10.7 Å². The quantitative estimate of drug-likeness (QED) is 0.650. The molecule has 0 amide bonds. The van der Waals surface area contributed by atoms with Crippen molar-refractivity contribution >= 4 is 11.6 Å². The lowest BCUT2D eigenvalue weighted by atomic mass is 10.2. The molecule has 0 unspecified atom stereocenters. The van der Waals surface area contributed by atoms with Gasteiger partial charge in [0.25, 0.3) is 0 Å². The number of rotatable bonds is 5. The van der Waals surface area contributed by atoms with Crippen LogP contribution in [0.15, 0.2) is 27.7 Å². The molecule has 0 fully saturated rings. The predicted molar refractivity (Wildman–Crippen MR) is 84.5 cm³/mol. The van der Waals surface area contributed by atoms with Gasteiger partial charge in [-0.2, -0.15) is 0 Å². The van der Waals surface area contributed by atoms with Gasteiger partial charge in [-0.05, 0) is 26.0 Å². The number of anilines is 1. The molecule has 2 rings (SSSR count). The van der Waals surface area contributed by atoms with Crippen LogP contribution in [0.25, 0.3) is 0 Å². The van der Waals surface area contributed by atoms with E-state index in [2.05, 4.69) is 15.5 Å². The maximum absolute atomic E-state index is 5.93. The van der Waals surface area contributed by atoms with Crippen LogP contribution >= 0.6 is 0 Å². The van der Waals surface area contributed by atoms with Gasteiger partial charge in [-0.25, -0.2) is 4.99 Å². The number of hydrogen-bond donors (Lipinski definition) is 2. The molecule has 3 N–H and O–H groups in total. The van der Waals surface area contributed by atoms with Crippen LogP contribution in [0.3, 0.4) is 0 Å². The van der Waals surface area contributed by atoms with Crippen LogP contribution in [-0.2, 0) is 6.54 Å². The van der Waals surface area contributed by atoms with Gasteiger partial charge in [0, 0.05) is 11.6 Å². The Morgan fingerprint density at radius 1 is 1.32 bits per heavy atom. The first-order valence-electron chi connectivity index (χ1n) is 6.76. The van der Waals surface area contributed by atoms with Crippen LogP contribution in [0.5, 0.6) is 11.5 Å². The van der Waals surface area contributed by atoms with Gasteiger partial charge in [-0.15, -0.1) is 0 Å². The number of guanidine groups is 1. The van der Waals surface area contributed by atoms with E-state index in [1.165, 1.54) is 0 Å². The van der Waals surface area contributed by atoms with Crippen molar-refractivity contribution in [1.82, 2.24) is 5.16 Å². The highest BCUT2D eigenvalue weighted by atomic mass is 16.5. The summed E-state index contributed by atoms with van der Waals surface area (Å²) < 4.78 is 15.6. The third-order valence-electron chi connectivity index (χ3n) is 3.26. The fraction of sp³-hybridized carbons (Fsp3) is 0.333. The maximum Gasteiger partial charge on any atom is 0.193 e. The zero-order valence-corrected chi connectivity index (χ0v) is 13.1. The molecule has 1 heterocycles. The number of hydrogen-bond acceptors (Lipinski definition) is 5. The molecule has 0 spiro atoms. The minimum absolute atomic E-state index is 0.270. The highest BCUT2D eigenvalue weighted by molar-refractivity contribution is 5.94. The van der Waals surface area contributed by atoms with E-state index in [1.807, 2.05) is 13.8 Å². The molecule has 1 aromatic carbocycles. The number of methoxy groups -OCH3 is 2. The predicted octanol–water partition coefficient (Wildman–Crippen LogP) is 2.24. The molecule has 22 heavy (non-hydrogen) atoms. The van der Waals surface area contributed by atoms with E-state index in [0.29, 0.717) is 23.7 Å². The number of aromatic nitrogens is 1. The number of ether oxygens (including phenoxy) is 2. The first-order valence-corrected chi connectivity index (χ1v) is 6.76. The van der Waals surface area contributed by atoms with Gasteiger partial charge in [0.15, 0.2) is 5.96 Å². The van der Waals surface area contributed by atoms with Crippen LogP contribution in [0.1, 0.15) is 17.0 Å². The molecule has 2 aromatic rings. The lowest BCUT2D eigenvalue weighted by molar-refractivity contribution is 0.392. The minimum atomic E-state index is 0.270. The van der Waals surface area contributed by atoms with Crippen molar-refractivity contribution in [3.8, 4) is 11.5 Å². The Morgan fingerprint density at radius 2 is 2.09 bits per heavy atom. The molecule has 0 atom stereocenters. The molecule has 7 heteroatoms. The van der Waals surface area contributed by atoms with Gasteiger partial charge in [-0.3, -0.25) is 0 Å². The summed E-state index contributed by atoms with van der Waals surface area (Å²) in [4.78, 5) is 4.30. The average Bonchev–Trinajstić information content (AvgIpc) is 2.83. The van der Waals surface area contributed by atoms with Gasteiger partial charge < -0.3 is 25.0 Å². The number of benzene rings is 1. The maximum atomic E-state index is 5.93. The van der Waals surface area contributed by atoms with Crippen molar-refractivity contribution in [2.75, 3.05) is 19.5 Å². The molecular weight excluding hydrogens is 284 g/mol. The minimum Gasteiger partial charge on any atom is -0.497 e. The Labute approximate surface area is 129 Å². The lowest BCUT2D eigenvalue weighted by Crippen LogP contribution is -2.23. The smallest absolute Gasteiger partial charge is 0.193 e. The SMILES string of the molecule is COc1ccc(OC)c(NC(N)=NCc2c(C)noc2C)c1. The monoisotopic (exact) mass is 304 g/mol. The molecule has 118 valence electrons. The standard InChI is InChI=1S/C15H20N4O3/c1-9-12(10(2)22-19-9)8-17-15(16)18-13-7-11(20-3)5-6-14(13)21-4/h5-7H,8H2,1-4H3,(H3,16,17,18). The van der Waals surface area contributed by atoms with Gasteiger partial charge in [0.1, 0.15) is 17.3 Å². The second kappa shape index (κ2) is 6.84. The third kappa shape index (κ3) is 3.49. The summed E-state index contributed by atoms with van der Waals surface area (Å²) in [5, 5.41) is 6.90. The van der Waals surface area contributed by atoms with E-state index in [0.717, 1.165) is 17.0 Å². The summed E-state index contributed by atoms with van der Waals surface area (Å²) in [5.74, 6) is 2.36. The van der Waals surface area contributed by atoms with Crippen molar-refractivity contribution in [1.29, 1.82) is 0 Å². The Hall–Kier alpha value is -2.70. The van der Waals surface area contributed by atoms with E-state index in [9.17, 15) is 0 Å². The zero-order chi connectivity index (χ0) is 16.1. The second-order valence-electron chi connectivity index (χ2n) is 4.70. The molecule has 0 bridgehead atoms. The topological polar surface area (TPSA) is 94.9 Å². The van der Waals surface area contributed by atoms with Crippen LogP contribution in [-0.4, -0.2) is 25.3 Å². The number of nitrogens with one attached hydrogen (secondary N) is 1. The van der Waals surface area contributed by atoms with Gasteiger partial charge in [0.2, 0.25) is 0 Å². The fourth-order valence-corrected chi connectivity index (χ4v) is 1.98. The van der Waals surface area contributed by atoms with E-state index in [-0.39, 0.29) is 5.96 Å². The molecule has 1 aromatic heterocycles. The average molecular weight is 304 g/mol. The summed E-state index contributed by atoms with van der Waals surface area (Å²) in [7, 11) is 3.19. The van der Waals surface area contributed by atoms with E-state index in [1.54, 1.807) is 32.4 Å². The summed E-state index contributed by atoms with van der Waals surface area (Å²) >= 11 is 0. The molecule has 0 saturated carbocycles. The number of aliphatic imine (C=N–C) groups is 1. The van der Waals surface area contributed by atoms with Crippen LogP contribution in [0.4, 0.5) is 5.69 Å². The summed E-state index contributed by atoms with van der Waals surface area (Å²) in [6.45, 7) is 4.11. The number of nitrogens with two attached hydrogens (primary N) is 1. The Morgan fingerprint density at radius 3 is 2.68 bits per heavy atom. The zero-order valence-electron chi connectivity index (χ0n) is 13.1. The fourth-order valence-electron chi connectivity index (χ4n) is 1.98. The summed E-state index contributed by atoms with van der Waals surface area (Å²) in [5.41, 5.74) is 8.36. The van der Waals surface area contributed by atoms with E-state index in [4.69, 9.17) is 19.7 Å². The van der Waals surface area contributed by atoms with Crippen molar-refractivity contribution in [2.45, 2.75) is 20.4 Å². The van der Waals surface area contributed by atoms with Gasteiger partial charge >= 0.3 is 0 Å². The molecule has 0 aliphatic rings. The molecular formula is C15H20N4O3. The first kappa shape index (κ1) is 15.7. The van der Waals surface area contributed by atoms with E-state index < -0.39 is 0 Å². The number of nitrogens with zero attached hydrogens (tertiary/aromatic N) is 2. The Balaban J connectivity index is 2.14. The summed E-state index contributed by atoms with van der Waals surface area (Å²) in [6, 6.07) is 5.39. The summed E-state index contributed by atoms with van der Waals surface area (Å²) in [6.07, 6.45) is 0. The van der Waals surface area contributed by atoms with Gasteiger partial charge in [-0.1, -0.05) is 5.16 Å². The van der Waals surface area contributed by atoms with E-state index >= 15 is 0 Å². The highest BCUT2D eigenvalue weighted by Crippen LogP contribution is 2.28. The second-order valence-corrected chi connectivity index (χ2v) is 4.70. The van der Waals surface area contributed by atoms with Crippen molar-refractivity contribution in [3.05, 3.63) is 35.2 Å². The number of aryl methyl sites for hydroxylation is 2. The third-order valence-corrected chi connectivity index (χ3v) is 3.26. The molecule has 7 nitrogen and oxygen atoms in total. The van der Waals surface area contributed by atoms with Crippen LogP contribution in [0, 0.1) is 13.8 Å². The van der Waals surface area contributed by atoms with Crippen LogP contribution < -0.4 is 20.5 Å². The van der Waals surface area contributed by atoms with Crippen molar-refractivity contribution in [3.63, 3.8) is 0 Å². The van der Waals surface area contributed by atoms with Gasteiger partial charge in [0.05, 0.1) is 32.1 Å². The van der Waals surface area contributed by atoms with Crippen LogP contribution in [0.2, 0.25) is 0 Å². The Bertz CT molecular complexity index is 660. The first-order chi connectivity index (χ1) is 10.5. The molecule has 0 saturated heterocycles. The molecule has 0 aliphatic carbocycles. The normalized spacial score (nSPS) is 11.4. The largest absolute Gasteiger partial charge is 0.497 e. The highest BCUT2D eigenvalue weighted by Gasteiger charge is 2.09. The lowest BCUT2D eigenvalue weighted by Gasteiger charge is -2.12. The van der Waals surface area contributed by atoms with Crippen molar-refractivity contribution < 1.29 is 14.0 Å². The molecule has 0 radical (unpaired) electrons. The molecule has 0 aliphatic heterocycles.